The largest absolute Gasteiger partial charge is 0.509 e. The molecule has 0 unspecified atom stereocenters. The van der Waals surface area contributed by atoms with Crippen molar-refractivity contribution < 1.29 is 45.0 Å². The molecule has 5 nitrogen and oxygen atoms in total. The van der Waals surface area contributed by atoms with Crippen LogP contribution in [-0.4, -0.2) is 9.55 Å². The average molecular weight is 1200 g/mol. The minimum Gasteiger partial charge on any atom is -0.509 e. The van der Waals surface area contributed by atoms with Gasteiger partial charge in [0.15, 0.2) is 0 Å². The molecule has 3 heterocycles. The molecule has 0 radical (unpaired) electrons. The summed E-state index contributed by atoms with van der Waals surface area (Å²) in [5, 5.41) is 0.843. The number of nitrogens with zero attached hydrogens (tertiary/aromatic N) is 4. The minimum atomic E-state index is -3.15. The Kier molecular flexibility index (Phi) is 9.44. The van der Waals surface area contributed by atoms with Crippen LogP contribution in [0.25, 0.3) is 61.0 Å². The SMILES string of the molecule is [2H]c1c([2H])c(-c2c([2H])c([2H])c(C(C)(C)C)c([2H])c2[2H])c(C([2H])([2H])[2H])c([2H])c1-c1cccc(-c2ccc3c(c2)C(C)(C)CCC3(C)C)c1N1[CH-]N(c2[c-]c(Oc3[c-]c4c(cc3)c3c([2H])c([2H])c([2H])c([2H])c3n4-c3cc(C(C)(C)C)ccn3)ccc2)c2ccccc21.[Pt]. The van der Waals surface area contributed by atoms with Gasteiger partial charge in [-0.05, 0) is 127 Å². The van der Waals surface area contributed by atoms with E-state index in [1.807, 2.05) is 71.1 Å². The van der Waals surface area contributed by atoms with E-state index in [1.54, 1.807) is 61.9 Å². The molecular formula is C71H67N4OPt-3. The Balaban J connectivity index is 0.00000850. The minimum absolute atomic E-state index is 0. The van der Waals surface area contributed by atoms with E-state index in [1.165, 1.54) is 11.1 Å². The van der Waals surface area contributed by atoms with Crippen LogP contribution in [-0.2, 0) is 42.7 Å². The molecule has 77 heavy (non-hydrogen) atoms. The van der Waals surface area contributed by atoms with Gasteiger partial charge in [-0.25, -0.2) is 4.98 Å². The molecule has 0 saturated carbocycles. The Hall–Kier alpha value is -7.20. The molecule has 0 saturated heterocycles. The van der Waals surface area contributed by atoms with E-state index in [4.69, 9.17) is 22.1 Å². The van der Waals surface area contributed by atoms with Crippen LogP contribution in [0.5, 0.6) is 11.5 Å². The Morgan fingerprint density at radius 3 is 2.03 bits per heavy atom. The van der Waals surface area contributed by atoms with E-state index >= 15 is 0 Å². The molecule has 2 aliphatic rings. The monoisotopic (exact) mass is 1200 g/mol. The number of benzene rings is 8. The molecule has 0 spiro atoms. The van der Waals surface area contributed by atoms with Gasteiger partial charge in [0.05, 0.1) is 15.1 Å². The molecule has 12 rings (SSSR count). The number of aromatic nitrogens is 2. The average Bonchev–Trinajstić information content (AvgIpc) is 1.72. The Labute approximate surface area is 490 Å². The molecule has 0 fully saturated rings. The first-order valence-corrected chi connectivity index (χ1v) is 25.8. The van der Waals surface area contributed by atoms with Crippen molar-refractivity contribution >= 4 is 44.6 Å². The molecule has 1 aliphatic carbocycles. The third-order valence-electron chi connectivity index (χ3n) is 15.1. The van der Waals surface area contributed by atoms with Crippen molar-refractivity contribution in [3.8, 4) is 50.7 Å². The van der Waals surface area contributed by atoms with Crippen molar-refractivity contribution in [3.05, 3.63) is 222 Å². The summed E-state index contributed by atoms with van der Waals surface area (Å²) >= 11 is 0. The van der Waals surface area contributed by atoms with Crippen LogP contribution in [0.2, 0.25) is 0 Å². The van der Waals surface area contributed by atoms with Gasteiger partial charge in [0.1, 0.15) is 5.82 Å². The summed E-state index contributed by atoms with van der Waals surface area (Å²) in [6, 6.07) is 34.2. The van der Waals surface area contributed by atoms with E-state index in [0.29, 0.717) is 56.2 Å². The fourth-order valence-electron chi connectivity index (χ4n) is 10.7. The van der Waals surface area contributed by atoms with E-state index < -0.39 is 71.3 Å². The number of anilines is 4. The first-order valence-electron chi connectivity index (χ1n) is 32.8. The molecule has 0 bridgehead atoms. The van der Waals surface area contributed by atoms with Gasteiger partial charge >= 0.3 is 0 Å². The normalized spacial score (nSPS) is 17.6. The van der Waals surface area contributed by atoms with Crippen molar-refractivity contribution in [2.75, 3.05) is 9.80 Å². The zero-order valence-electron chi connectivity index (χ0n) is 58.9. The van der Waals surface area contributed by atoms with Crippen LogP contribution in [0.1, 0.15) is 129 Å². The molecule has 0 N–H and O–H groups in total. The van der Waals surface area contributed by atoms with Gasteiger partial charge < -0.3 is 19.1 Å². The summed E-state index contributed by atoms with van der Waals surface area (Å²) in [4.78, 5) is 8.58. The van der Waals surface area contributed by atoms with Gasteiger partial charge in [0.25, 0.3) is 0 Å². The number of para-hydroxylation sites is 4. The number of rotatable bonds is 8. The third kappa shape index (κ3) is 9.39. The van der Waals surface area contributed by atoms with Crippen molar-refractivity contribution in [2.45, 2.75) is 111 Å². The first-order chi connectivity index (χ1) is 42.1. The molecular weight excluding hydrogens is 1120 g/mol. The molecule has 0 amide bonds. The standard InChI is InChI=1S/C71H67N4O.Pt/c1-46-40-48(28-33-55(46)47-26-30-50(31-27-47)68(2,3)4)56-21-17-22-57(49-29-35-60-61(41-49)71(10,11)38-37-70(60,8)9)67(56)74-45-73(63-24-14-15-25-64(63)74)52-18-16-19-53(43-52)76-54-32-34-59-58-20-12-13-23-62(58)75(65(59)44-54)66-42-51(36-39-72-66)69(5,6)7;/h12-36,39-42,45H,37-38H2,1-11H3;/q-3;/i1D3,12D,13D,20D,23D,26D,27D,28D,30D,31D,33D,40D;. The molecule has 8 aromatic carbocycles. The van der Waals surface area contributed by atoms with Gasteiger partial charge in [-0.3, -0.25) is 0 Å². The van der Waals surface area contributed by atoms with E-state index in [9.17, 15) is 6.85 Å². The number of ether oxygens (including phenoxy) is 1. The van der Waals surface area contributed by atoms with E-state index in [2.05, 4.69) is 78.8 Å². The summed E-state index contributed by atoms with van der Waals surface area (Å²) in [7, 11) is 0. The second-order valence-corrected chi connectivity index (χ2v) is 23.4. The summed E-state index contributed by atoms with van der Waals surface area (Å²) in [5.41, 5.74) is 4.94. The molecule has 0 atom stereocenters. The molecule has 1 aliphatic heterocycles. The Bertz CT molecular complexity index is 4640. The smallest absolute Gasteiger partial charge is 0.135 e. The maximum Gasteiger partial charge on any atom is 0.135 e. The molecule has 2 aromatic heterocycles. The molecule has 6 heteroatoms. The van der Waals surface area contributed by atoms with Crippen LogP contribution in [0, 0.1) is 25.7 Å². The Morgan fingerprint density at radius 1 is 0.610 bits per heavy atom. The van der Waals surface area contributed by atoms with Crippen molar-refractivity contribution in [1.82, 2.24) is 9.55 Å². The maximum absolute atomic E-state index is 10.1. The van der Waals surface area contributed by atoms with Gasteiger partial charge in [-0.1, -0.05) is 184 Å². The molecule has 390 valence electrons. The van der Waals surface area contributed by atoms with Crippen LogP contribution in [0.3, 0.4) is 0 Å². The number of pyridine rings is 1. The summed E-state index contributed by atoms with van der Waals surface area (Å²) in [5.74, 6) is 0.998. The van der Waals surface area contributed by atoms with Crippen LogP contribution in [0.15, 0.2) is 176 Å². The topological polar surface area (TPSA) is 33.5 Å². The van der Waals surface area contributed by atoms with Crippen molar-refractivity contribution in [3.63, 3.8) is 0 Å². The van der Waals surface area contributed by atoms with Gasteiger partial charge in [-0.2, -0.15) is 12.1 Å². The number of fused-ring (bicyclic) bond motifs is 5. The van der Waals surface area contributed by atoms with Crippen molar-refractivity contribution in [1.29, 1.82) is 0 Å². The number of hydrogen-bond acceptors (Lipinski definition) is 4. The second kappa shape index (κ2) is 19.4. The van der Waals surface area contributed by atoms with Gasteiger partial charge in [-0.15, -0.1) is 48.1 Å². The van der Waals surface area contributed by atoms with E-state index in [0.717, 1.165) is 24.0 Å². The van der Waals surface area contributed by atoms with Gasteiger partial charge in [0.2, 0.25) is 0 Å². The summed E-state index contributed by atoms with van der Waals surface area (Å²) in [6.07, 6.45) is 3.62. The maximum atomic E-state index is 10.1. The van der Waals surface area contributed by atoms with E-state index in [-0.39, 0.29) is 89.4 Å². The van der Waals surface area contributed by atoms with Crippen LogP contribution < -0.4 is 14.5 Å². The first kappa shape index (κ1) is 37.6. The van der Waals surface area contributed by atoms with Crippen LogP contribution >= 0.6 is 0 Å². The third-order valence-corrected chi connectivity index (χ3v) is 15.1. The Morgan fingerprint density at radius 2 is 1.29 bits per heavy atom. The summed E-state index contributed by atoms with van der Waals surface area (Å²) < 4.78 is 137. The zero-order valence-corrected chi connectivity index (χ0v) is 47.2. The van der Waals surface area contributed by atoms with Crippen molar-refractivity contribution in [2.24, 2.45) is 0 Å². The fraction of sp³-hybridized carbons (Fsp3) is 0.239. The zero-order chi connectivity index (χ0) is 65.0. The summed E-state index contributed by atoms with van der Waals surface area (Å²) in [6.45, 7) is 19.2. The number of hydrogen-bond donors (Lipinski definition) is 0. The predicted molar refractivity (Wildman–Crippen MR) is 318 cm³/mol. The predicted octanol–water partition coefficient (Wildman–Crippen LogP) is 19.2. The van der Waals surface area contributed by atoms with Gasteiger partial charge in [0, 0.05) is 76.6 Å². The fourth-order valence-corrected chi connectivity index (χ4v) is 10.7. The second-order valence-electron chi connectivity index (χ2n) is 23.4. The van der Waals surface area contributed by atoms with Crippen LogP contribution in [0.4, 0.5) is 22.7 Å². The molecule has 10 aromatic rings. The quantitative estimate of drug-likeness (QED) is 0.142.